The highest BCUT2D eigenvalue weighted by Gasteiger charge is 2.28. The number of nitrogens with zero attached hydrogens (tertiary/aromatic N) is 2. The molecule has 0 bridgehead atoms. The van der Waals surface area contributed by atoms with Gasteiger partial charge in [-0.05, 0) is 18.8 Å². The topological polar surface area (TPSA) is 71.1 Å². The average Bonchev–Trinajstić information content (AvgIpc) is 3.11. The van der Waals surface area contributed by atoms with Gasteiger partial charge in [0.1, 0.15) is 5.84 Å². The van der Waals surface area contributed by atoms with Crippen LogP contribution in [-0.4, -0.2) is 48.3 Å². The molecule has 0 spiro atoms. The van der Waals surface area contributed by atoms with Crippen LogP contribution in [0.4, 0.5) is 0 Å². The van der Waals surface area contributed by atoms with Crippen molar-refractivity contribution in [1.82, 2.24) is 4.90 Å². The minimum Gasteiger partial charge on any atom is -0.409 e. The summed E-state index contributed by atoms with van der Waals surface area (Å²) in [7, 11) is 0. The lowest BCUT2D eigenvalue weighted by Crippen LogP contribution is -2.33. The SMILES string of the molecule is CC(C)COCCN(CCC(N)=NO)C1CC1. The summed E-state index contributed by atoms with van der Waals surface area (Å²) in [6.45, 7) is 7.68. The second kappa shape index (κ2) is 7.50. The molecule has 3 N–H and O–H groups in total. The van der Waals surface area contributed by atoms with Gasteiger partial charge in [0.2, 0.25) is 0 Å². The first-order valence-electron chi connectivity index (χ1n) is 6.41. The smallest absolute Gasteiger partial charge is 0.140 e. The summed E-state index contributed by atoms with van der Waals surface area (Å²) in [5, 5.41) is 11.5. The maximum absolute atomic E-state index is 8.50. The van der Waals surface area contributed by atoms with Gasteiger partial charge in [0.25, 0.3) is 0 Å². The van der Waals surface area contributed by atoms with Gasteiger partial charge in [-0.3, -0.25) is 4.90 Å². The molecule has 1 rings (SSSR count). The fraction of sp³-hybridized carbons (Fsp3) is 0.917. The zero-order chi connectivity index (χ0) is 12.7. The summed E-state index contributed by atoms with van der Waals surface area (Å²) in [6.07, 6.45) is 3.15. The van der Waals surface area contributed by atoms with E-state index in [1.165, 1.54) is 12.8 Å². The summed E-state index contributed by atoms with van der Waals surface area (Å²) in [5.41, 5.74) is 5.48. The van der Waals surface area contributed by atoms with Gasteiger partial charge in [-0.2, -0.15) is 0 Å². The Bertz CT molecular complexity index is 240. The Hall–Kier alpha value is -0.810. The number of hydrogen-bond donors (Lipinski definition) is 2. The van der Waals surface area contributed by atoms with Gasteiger partial charge in [-0.15, -0.1) is 0 Å². The molecule has 17 heavy (non-hydrogen) atoms. The zero-order valence-electron chi connectivity index (χ0n) is 10.9. The number of amidine groups is 1. The van der Waals surface area contributed by atoms with E-state index < -0.39 is 0 Å². The molecule has 1 aliphatic rings. The van der Waals surface area contributed by atoms with Crippen molar-refractivity contribution in [3.8, 4) is 0 Å². The Morgan fingerprint density at radius 3 is 2.71 bits per heavy atom. The Morgan fingerprint density at radius 1 is 1.47 bits per heavy atom. The second-order valence-corrected chi connectivity index (χ2v) is 5.08. The van der Waals surface area contributed by atoms with Crippen LogP contribution in [0.3, 0.4) is 0 Å². The maximum atomic E-state index is 8.50. The molecule has 0 aliphatic heterocycles. The summed E-state index contributed by atoms with van der Waals surface area (Å²) in [5.74, 6) is 0.889. The highest BCUT2D eigenvalue weighted by Crippen LogP contribution is 2.26. The summed E-state index contributed by atoms with van der Waals surface area (Å²) >= 11 is 0. The second-order valence-electron chi connectivity index (χ2n) is 5.08. The molecule has 0 amide bonds. The highest BCUT2D eigenvalue weighted by atomic mass is 16.5. The Balaban J connectivity index is 2.15. The zero-order valence-corrected chi connectivity index (χ0v) is 10.9. The molecule has 0 aromatic carbocycles. The van der Waals surface area contributed by atoms with Gasteiger partial charge in [0, 0.05) is 32.2 Å². The molecule has 0 radical (unpaired) electrons. The minimum atomic E-state index is 0.304. The summed E-state index contributed by atoms with van der Waals surface area (Å²) < 4.78 is 5.58. The minimum absolute atomic E-state index is 0.304. The van der Waals surface area contributed by atoms with Crippen LogP contribution >= 0.6 is 0 Å². The van der Waals surface area contributed by atoms with Crippen molar-refractivity contribution < 1.29 is 9.94 Å². The molecule has 5 heteroatoms. The van der Waals surface area contributed by atoms with Gasteiger partial charge < -0.3 is 15.7 Å². The van der Waals surface area contributed by atoms with Crippen molar-refractivity contribution in [3.63, 3.8) is 0 Å². The molecule has 5 nitrogen and oxygen atoms in total. The fourth-order valence-corrected chi connectivity index (χ4v) is 1.73. The molecular formula is C12H25N3O2. The van der Waals surface area contributed by atoms with Gasteiger partial charge in [0.15, 0.2) is 0 Å². The van der Waals surface area contributed by atoms with Crippen molar-refractivity contribution in [2.45, 2.75) is 39.2 Å². The van der Waals surface area contributed by atoms with Crippen LogP contribution in [-0.2, 0) is 4.74 Å². The van der Waals surface area contributed by atoms with E-state index in [4.69, 9.17) is 15.7 Å². The third-order valence-corrected chi connectivity index (χ3v) is 2.82. The Morgan fingerprint density at radius 2 is 2.18 bits per heavy atom. The van der Waals surface area contributed by atoms with Crippen LogP contribution < -0.4 is 5.73 Å². The van der Waals surface area contributed by atoms with Crippen molar-refractivity contribution in [1.29, 1.82) is 0 Å². The van der Waals surface area contributed by atoms with Gasteiger partial charge >= 0.3 is 0 Å². The maximum Gasteiger partial charge on any atom is 0.140 e. The van der Waals surface area contributed by atoms with E-state index in [0.717, 1.165) is 26.3 Å². The first kappa shape index (κ1) is 14.3. The quantitative estimate of drug-likeness (QED) is 0.210. The van der Waals surface area contributed by atoms with E-state index in [0.29, 0.717) is 24.2 Å². The lowest BCUT2D eigenvalue weighted by molar-refractivity contribution is 0.0839. The van der Waals surface area contributed by atoms with Crippen LogP contribution in [0.15, 0.2) is 5.16 Å². The van der Waals surface area contributed by atoms with Crippen molar-refractivity contribution >= 4 is 5.84 Å². The molecule has 0 aromatic heterocycles. The van der Waals surface area contributed by atoms with E-state index in [-0.39, 0.29) is 0 Å². The Kier molecular flexibility index (Phi) is 6.29. The third kappa shape index (κ3) is 6.48. The average molecular weight is 243 g/mol. The van der Waals surface area contributed by atoms with Crippen molar-refractivity contribution in [2.75, 3.05) is 26.3 Å². The van der Waals surface area contributed by atoms with Crippen molar-refractivity contribution in [2.24, 2.45) is 16.8 Å². The van der Waals surface area contributed by atoms with Crippen molar-refractivity contribution in [3.05, 3.63) is 0 Å². The molecule has 0 atom stereocenters. The lowest BCUT2D eigenvalue weighted by Gasteiger charge is -2.21. The van der Waals surface area contributed by atoms with Crippen LogP contribution in [0.5, 0.6) is 0 Å². The first-order chi connectivity index (χ1) is 8.13. The van der Waals surface area contributed by atoms with Gasteiger partial charge in [-0.1, -0.05) is 19.0 Å². The molecule has 0 aromatic rings. The van der Waals surface area contributed by atoms with E-state index in [9.17, 15) is 0 Å². The van der Waals surface area contributed by atoms with Gasteiger partial charge in [0.05, 0.1) is 6.61 Å². The van der Waals surface area contributed by atoms with E-state index in [2.05, 4.69) is 23.9 Å². The lowest BCUT2D eigenvalue weighted by atomic mass is 10.2. The molecule has 1 aliphatic carbocycles. The van der Waals surface area contributed by atoms with E-state index in [1.807, 2.05) is 0 Å². The molecule has 0 heterocycles. The standard InChI is InChI=1S/C12H25N3O2/c1-10(2)9-17-8-7-15(11-3-4-11)6-5-12(13)14-16/h10-11,16H,3-9H2,1-2H3,(H2,13,14). The largest absolute Gasteiger partial charge is 0.409 e. The number of rotatable bonds is 9. The monoisotopic (exact) mass is 243 g/mol. The van der Waals surface area contributed by atoms with Crippen LogP contribution in [0, 0.1) is 5.92 Å². The fourth-order valence-electron chi connectivity index (χ4n) is 1.73. The molecule has 1 fully saturated rings. The first-order valence-corrected chi connectivity index (χ1v) is 6.41. The van der Waals surface area contributed by atoms with Crippen LogP contribution in [0.2, 0.25) is 0 Å². The summed E-state index contributed by atoms with van der Waals surface area (Å²) in [4.78, 5) is 2.37. The third-order valence-electron chi connectivity index (χ3n) is 2.82. The number of oxime groups is 1. The van der Waals surface area contributed by atoms with Gasteiger partial charge in [-0.25, -0.2) is 0 Å². The predicted molar refractivity (Wildman–Crippen MR) is 68.3 cm³/mol. The normalized spacial score (nSPS) is 17.1. The Labute approximate surface area is 104 Å². The summed E-state index contributed by atoms with van der Waals surface area (Å²) in [6, 6.07) is 0.684. The highest BCUT2D eigenvalue weighted by molar-refractivity contribution is 5.79. The van der Waals surface area contributed by atoms with E-state index in [1.54, 1.807) is 0 Å². The number of hydrogen-bond acceptors (Lipinski definition) is 4. The molecule has 0 saturated heterocycles. The predicted octanol–water partition coefficient (Wildman–Crippen LogP) is 1.26. The molecule has 0 unspecified atom stereocenters. The molecular weight excluding hydrogens is 218 g/mol. The number of nitrogens with two attached hydrogens (primary N) is 1. The number of ether oxygens (including phenoxy) is 1. The molecule has 1 saturated carbocycles. The van der Waals surface area contributed by atoms with Crippen LogP contribution in [0.25, 0.3) is 0 Å². The van der Waals surface area contributed by atoms with E-state index >= 15 is 0 Å². The van der Waals surface area contributed by atoms with Crippen LogP contribution in [0.1, 0.15) is 33.1 Å². The molecule has 100 valence electrons.